The zero-order valence-electron chi connectivity index (χ0n) is 9.50. The van der Waals surface area contributed by atoms with Crippen LogP contribution >= 0.6 is 11.8 Å². The maximum Gasteiger partial charge on any atom is 0.330 e. The van der Waals surface area contributed by atoms with Gasteiger partial charge >= 0.3 is 11.9 Å². The van der Waals surface area contributed by atoms with Gasteiger partial charge in [0.25, 0.3) is 0 Å². The molecule has 17 heavy (non-hydrogen) atoms. The highest BCUT2D eigenvalue weighted by Gasteiger charge is 2.58. The number of carbonyl (C=O) groups excluding carboxylic acids is 2. The summed E-state index contributed by atoms with van der Waals surface area (Å²) in [5.41, 5.74) is -1.16. The van der Waals surface area contributed by atoms with Crippen LogP contribution in [0.1, 0.15) is 20.3 Å². The predicted molar refractivity (Wildman–Crippen MR) is 59.3 cm³/mol. The van der Waals surface area contributed by atoms with E-state index in [9.17, 15) is 19.5 Å². The van der Waals surface area contributed by atoms with Gasteiger partial charge in [0, 0.05) is 12.7 Å². The SMILES string of the molecule is CC(=O)OC1(C)CS[C@H]2CC(=O)N2C1C(=O)O. The third-order valence-corrected chi connectivity index (χ3v) is 4.50. The van der Waals surface area contributed by atoms with Crippen molar-refractivity contribution < 1.29 is 24.2 Å². The van der Waals surface area contributed by atoms with Crippen LogP contribution in [0, 0.1) is 0 Å². The summed E-state index contributed by atoms with van der Waals surface area (Å²) in [4.78, 5) is 35.1. The van der Waals surface area contributed by atoms with Crippen molar-refractivity contribution in [3.63, 3.8) is 0 Å². The number of amides is 1. The number of fused-ring (bicyclic) bond motifs is 1. The van der Waals surface area contributed by atoms with Gasteiger partial charge in [-0.1, -0.05) is 0 Å². The van der Waals surface area contributed by atoms with Crippen LogP contribution in [0.4, 0.5) is 0 Å². The average Bonchev–Trinajstić information content (AvgIpc) is 2.17. The monoisotopic (exact) mass is 259 g/mol. The first-order valence-corrected chi connectivity index (χ1v) is 6.25. The highest BCUT2D eigenvalue weighted by Crippen LogP contribution is 2.43. The zero-order valence-corrected chi connectivity index (χ0v) is 10.3. The molecule has 1 amide bonds. The molecule has 2 rings (SSSR count). The number of hydrogen-bond acceptors (Lipinski definition) is 5. The summed E-state index contributed by atoms with van der Waals surface area (Å²) in [6.45, 7) is 2.79. The summed E-state index contributed by atoms with van der Waals surface area (Å²) in [6, 6.07) is -1.08. The van der Waals surface area contributed by atoms with Crippen molar-refractivity contribution in [1.29, 1.82) is 0 Å². The Balaban J connectivity index is 2.29. The summed E-state index contributed by atoms with van der Waals surface area (Å²) in [5, 5.41) is 9.14. The molecule has 0 aromatic heterocycles. The molecule has 2 saturated heterocycles. The van der Waals surface area contributed by atoms with E-state index in [1.165, 1.54) is 23.6 Å². The lowest BCUT2D eigenvalue weighted by atomic mass is 9.92. The van der Waals surface area contributed by atoms with Crippen molar-refractivity contribution in [2.75, 3.05) is 5.75 Å². The minimum Gasteiger partial charge on any atom is -0.480 e. The number of thioether (sulfide) groups is 1. The molecule has 0 aromatic rings. The molecule has 2 fully saturated rings. The number of carbonyl (C=O) groups is 3. The third-order valence-electron chi connectivity index (χ3n) is 2.98. The van der Waals surface area contributed by atoms with Gasteiger partial charge in [-0.3, -0.25) is 9.59 Å². The molecule has 2 heterocycles. The van der Waals surface area contributed by atoms with E-state index < -0.39 is 23.6 Å². The minimum atomic E-state index is -1.16. The van der Waals surface area contributed by atoms with Gasteiger partial charge in [-0.15, -0.1) is 11.8 Å². The van der Waals surface area contributed by atoms with Crippen molar-refractivity contribution in [3.8, 4) is 0 Å². The van der Waals surface area contributed by atoms with Gasteiger partial charge in [-0.25, -0.2) is 4.79 Å². The van der Waals surface area contributed by atoms with E-state index in [4.69, 9.17) is 4.74 Å². The normalized spacial score (nSPS) is 35.9. The lowest BCUT2D eigenvalue weighted by molar-refractivity contribution is -0.181. The topological polar surface area (TPSA) is 83.9 Å². The molecule has 0 bridgehead atoms. The molecular formula is C10H13NO5S. The number of carboxylic acids is 1. The van der Waals surface area contributed by atoms with Gasteiger partial charge < -0.3 is 14.7 Å². The van der Waals surface area contributed by atoms with Gasteiger partial charge in [0.1, 0.15) is 5.60 Å². The van der Waals surface area contributed by atoms with Gasteiger partial charge in [0.2, 0.25) is 5.91 Å². The molecule has 1 N–H and O–H groups in total. The van der Waals surface area contributed by atoms with Gasteiger partial charge in [-0.05, 0) is 6.92 Å². The van der Waals surface area contributed by atoms with Crippen LogP contribution in [0.5, 0.6) is 0 Å². The Morgan fingerprint density at radius 3 is 2.71 bits per heavy atom. The van der Waals surface area contributed by atoms with E-state index in [1.54, 1.807) is 6.92 Å². The Kier molecular flexibility index (Phi) is 2.81. The molecule has 7 heteroatoms. The molecular weight excluding hydrogens is 246 g/mol. The summed E-state index contributed by atoms with van der Waals surface area (Å²) in [7, 11) is 0. The molecule has 3 atom stereocenters. The summed E-state index contributed by atoms with van der Waals surface area (Å²) >= 11 is 1.45. The third kappa shape index (κ3) is 1.88. The summed E-state index contributed by atoms with van der Waals surface area (Å²) < 4.78 is 5.12. The average molecular weight is 259 g/mol. The second-order valence-corrected chi connectivity index (χ2v) is 5.58. The maximum atomic E-state index is 11.5. The fourth-order valence-electron chi connectivity index (χ4n) is 2.28. The highest BCUT2D eigenvalue weighted by atomic mass is 32.2. The molecule has 0 aliphatic carbocycles. The molecule has 6 nitrogen and oxygen atoms in total. The smallest absolute Gasteiger partial charge is 0.330 e. The van der Waals surface area contributed by atoms with E-state index in [-0.39, 0.29) is 11.3 Å². The number of carboxylic acid groups (broad SMARTS) is 1. The summed E-state index contributed by atoms with van der Waals surface area (Å²) in [5.74, 6) is -1.48. The largest absolute Gasteiger partial charge is 0.480 e. The van der Waals surface area contributed by atoms with Crippen LogP contribution in [0.15, 0.2) is 0 Å². The van der Waals surface area contributed by atoms with Crippen LogP contribution < -0.4 is 0 Å². The lowest BCUT2D eigenvalue weighted by Gasteiger charge is -2.53. The highest BCUT2D eigenvalue weighted by molar-refractivity contribution is 8.00. The van der Waals surface area contributed by atoms with Crippen LogP contribution in [-0.2, 0) is 19.1 Å². The van der Waals surface area contributed by atoms with Gasteiger partial charge in [0.05, 0.1) is 11.8 Å². The van der Waals surface area contributed by atoms with Crippen molar-refractivity contribution in [1.82, 2.24) is 4.90 Å². The number of aliphatic carboxylic acids is 1. The van der Waals surface area contributed by atoms with Gasteiger partial charge in [0.15, 0.2) is 6.04 Å². The number of nitrogens with zero attached hydrogens (tertiary/aromatic N) is 1. The molecule has 0 spiro atoms. The van der Waals surface area contributed by atoms with Crippen LogP contribution in [-0.4, -0.2) is 50.6 Å². The second kappa shape index (κ2) is 3.90. The molecule has 2 aliphatic rings. The van der Waals surface area contributed by atoms with Crippen molar-refractivity contribution in [3.05, 3.63) is 0 Å². The van der Waals surface area contributed by atoms with Crippen molar-refractivity contribution in [2.45, 2.75) is 37.3 Å². The molecule has 0 saturated carbocycles. The fourth-order valence-corrected chi connectivity index (χ4v) is 3.68. The Labute approximate surface area is 102 Å². The minimum absolute atomic E-state index is 0.0905. The van der Waals surface area contributed by atoms with E-state index in [2.05, 4.69) is 0 Å². The first-order chi connectivity index (χ1) is 7.85. The first kappa shape index (κ1) is 12.2. The Morgan fingerprint density at radius 1 is 1.59 bits per heavy atom. The molecule has 2 unspecified atom stereocenters. The van der Waals surface area contributed by atoms with Gasteiger partial charge in [-0.2, -0.15) is 0 Å². The van der Waals surface area contributed by atoms with E-state index in [0.29, 0.717) is 12.2 Å². The van der Waals surface area contributed by atoms with Crippen molar-refractivity contribution in [2.24, 2.45) is 0 Å². The maximum absolute atomic E-state index is 11.5. The first-order valence-electron chi connectivity index (χ1n) is 5.20. The second-order valence-electron chi connectivity index (χ2n) is 4.42. The fraction of sp³-hybridized carbons (Fsp3) is 0.700. The standard InChI is InChI=1S/C10H13NO5S/c1-5(12)16-10(2)4-17-7-3-6(13)11(7)8(10)9(14)15/h7-8H,3-4H2,1-2H3,(H,14,15)/t7-,8?,10?/m0/s1. The number of esters is 1. The molecule has 94 valence electrons. The Morgan fingerprint density at radius 2 is 2.24 bits per heavy atom. The number of hydrogen-bond donors (Lipinski definition) is 1. The van der Waals surface area contributed by atoms with E-state index >= 15 is 0 Å². The van der Waals surface area contributed by atoms with Crippen molar-refractivity contribution >= 4 is 29.6 Å². The Hall–Kier alpha value is -1.24. The van der Waals surface area contributed by atoms with Crippen LogP contribution in [0.2, 0.25) is 0 Å². The van der Waals surface area contributed by atoms with E-state index in [0.717, 1.165) is 0 Å². The lowest BCUT2D eigenvalue weighted by Crippen LogP contribution is -2.70. The number of rotatable bonds is 2. The predicted octanol–water partition coefficient (Wildman–Crippen LogP) is 0.0666. The van der Waals surface area contributed by atoms with Crippen LogP contribution in [0.25, 0.3) is 0 Å². The molecule has 0 aromatic carbocycles. The molecule has 0 radical (unpaired) electrons. The van der Waals surface area contributed by atoms with E-state index in [1.807, 2.05) is 0 Å². The number of ether oxygens (including phenoxy) is 1. The molecule has 2 aliphatic heterocycles. The quantitative estimate of drug-likeness (QED) is 0.558. The summed E-state index contributed by atoms with van der Waals surface area (Å²) in [6.07, 6.45) is 0.366. The zero-order chi connectivity index (χ0) is 12.8. The Bertz CT molecular complexity index is 398. The number of β-lactam (4-membered cyclic amide) rings is 1. The van der Waals surface area contributed by atoms with Crippen LogP contribution in [0.3, 0.4) is 0 Å².